The van der Waals surface area contributed by atoms with Gasteiger partial charge in [-0.25, -0.2) is 0 Å². The molecule has 2 aromatic rings. The summed E-state index contributed by atoms with van der Waals surface area (Å²) in [5.74, 6) is 1.89. The molecule has 0 fully saturated rings. The van der Waals surface area contributed by atoms with Crippen LogP contribution in [-0.2, 0) is 25.7 Å². The average Bonchev–Trinajstić information content (AvgIpc) is 3.09. The Hall–Kier alpha value is -2.00. The highest BCUT2D eigenvalue weighted by Gasteiger charge is 2.36. The summed E-state index contributed by atoms with van der Waals surface area (Å²) in [5, 5.41) is 0. The zero-order valence-electron chi connectivity index (χ0n) is 12.0. The molecule has 0 radical (unpaired) electrons. The molecule has 2 N–H and O–H groups in total. The zero-order valence-corrected chi connectivity index (χ0v) is 12.0. The maximum atomic E-state index is 5.72. The molecule has 1 unspecified atom stereocenters. The van der Waals surface area contributed by atoms with E-state index in [2.05, 4.69) is 30.3 Å². The van der Waals surface area contributed by atoms with E-state index in [0.29, 0.717) is 6.54 Å². The van der Waals surface area contributed by atoms with Gasteiger partial charge in [0.2, 0.25) is 6.29 Å². The van der Waals surface area contributed by atoms with Crippen LogP contribution in [0.4, 0.5) is 0 Å². The summed E-state index contributed by atoms with van der Waals surface area (Å²) < 4.78 is 11.3. The van der Waals surface area contributed by atoms with E-state index in [1.54, 1.807) is 0 Å². The first-order valence-corrected chi connectivity index (χ1v) is 7.60. The lowest BCUT2D eigenvalue weighted by Crippen LogP contribution is -2.18. The lowest BCUT2D eigenvalue weighted by Gasteiger charge is -2.14. The van der Waals surface area contributed by atoms with Gasteiger partial charge in [-0.3, -0.25) is 0 Å². The first-order valence-electron chi connectivity index (χ1n) is 7.60. The lowest BCUT2D eigenvalue weighted by molar-refractivity contribution is 0.0652. The third kappa shape index (κ3) is 2.18. The van der Waals surface area contributed by atoms with Crippen LogP contribution in [0.1, 0.15) is 22.3 Å². The van der Waals surface area contributed by atoms with Gasteiger partial charge in [0, 0.05) is 5.56 Å². The largest absolute Gasteiger partial charge is 0.451 e. The fourth-order valence-corrected chi connectivity index (χ4v) is 3.34. The molecule has 3 heteroatoms. The monoisotopic (exact) mass is 281 g/mol. The van der Waals surface area contributed by atoms with Crippen LogP contribution in [0.25, 0.3) is 0 Å². The maximum absolute atomic E-state index is 5.72. The van der Waals surface area contributed by atoms with E-state index in [9.17, 15) is 0 Å². The van der Waals surface area contributed by atoms with E-state index in [4.69, 9.17) is 15.2 Å². The summed E-state index contributed by atoms with van der Waals surface area (Å²) in [6.07, 6.45) is 3.86. The molecule has 0 saturated heterocycles. The normalized spacial score (nSPS) is 17.7. The molecule has 21 heavy (non-hydrogen) atoms. The molecule has 108 valence electrons. The topological polar surface area (TPSA) is 44.5 Å². The number of hydrogen-bond donors (Lipinski definition) is 1. The van der Waals surface area contributed by atoms with Crippen LogP contribution >= 0.6 is 0 Å². The number of benzene rings is 2. The van der Waals surface area contributed by atoms with E-state index in [-0.39, 0.29) is 6.29 Å². The molecular weight excluding hydrogens is 262 g/mol. The van der Waals surface area contributed by atoms with Crippen LogP contribution in [0.3, 0.4) is 0 Å². The van der Waals surface area contributed by atoms with Gasteiger partial charge >= 0.3 is 0 Å². The van der Waals surface area contributed by atoms with Crippen LogP contribution < -0.4 is 15.2 Å². The zero-order chi connectivity index (χ0) is 14.2. The third-order valence-electron chi connectivity index (χ3n) is 4.40. The molecule has 4 rings (SSSR count). The van der Waals surface area contributed by atoms with Crippen molar-refractivity contribution in [3.8, 4) is 11.5 Å². The lowest BCUT2D eigenvalue weighted by atomic mass is 9.94. The Morgan fingerprint density at radius 3 is 2.43 bits per heavy atom. The standard InChI is InChI=1S/C18H19NO2/c19-10-9-13-4-2-1-3-12(13)5-6-14-7-8-16-18-15(14)11-17(20-16)21-18/h1-4,7-8,17H,5-6,9-11,19H2. The van der Waals surface area contributed by atoms with E-state index < -0.39 is 0 Å². The Kier molecular flexibility index (Phi) is 3.08. The van der Waals surface area contributed by atoms with Crippen molar-refractivity contribution < 1.29 is 9.47 Å². The SMILES string of the molecule is NCCc1ccccc1CCc1ccc2c3c1CC(O2)O3. The highest BCUT2D eigenvalue weighted by Crippen LogP contribution is 2.46. The van der Waals surface area contributed by atoms with Crippen molar-refractivity contribution in [1.29, 1.82) is 0 Å². The highest BCUT2D eigenvalue weighted by atomic mass is 16.7. The minimum absolute atomic E-state index is 0.0746. The van der Waals surface area contributed by atoms with Gasteiger partial charge in [0.15, 0.2) is 11.5 Å². The van der Waals surface area contributed by atoms with Gasteiger partial charge in [0.1, 0.15) is 0 Å². The number of nitrogens with two attached hydrogens (primary N) is 1. The van der Waals surface area contributed by atoms with Gasteiger partial charge in [-0.15, -0.1) is 0 Å². The summed E-state index contributed by atoms with van der Waals surface area (Å²) in [5.41, 5.74) is 11.2. The van der Waals surface area contributed by atoms with E-state index in [1.165, 1.54) is 22.3 Å². The Labute approximate surface area is 124 Å². The molecule has 2 bridgehead atoms. The Bertz CT molecular complexity index is 681. The van der Waals surface area contributed by atoms with Crippen molar-refractivity contribution in [3.63, 3.8) is 0 Å². The Morgan fingerprint density at radius 2 is 1.67 bits per heavy atom. The second kappa shape index (κ2) is 5.08. The fraction of sp³-hybridized carbons (Fsp3) is 0.333. The molecule has 2 aromatic carbocycles. The minimum Gasteiger partial charge on any atom is -0.451 e. The third-order valence-corrected chi connectivity index (χ3v) is 4.40. The van der Waals surface area contributed by atoms with Crippen molar-refractivity contribution in [2.45, 2.75) is 32.0 Å². The quantitative estimate of drug-likeness (QED) is 0.916. The van der Waals surface area contributed by atoms with E-state index >= 15 is 0 Å². The van der Waals surface area contributed by atoms with Crippen LogP contribution in [-0.4, -0.2) is 12.8 Å². The van der Waals surface area contributed by atoms with Gasteiger partial charge in [0.25, 0.3) is 0 Å². The molecule has 2 heterocycles. The first kappa shape index (κ1) is 12.7. The van der Waals surface area contributed by atoms with Gasteiger partial charge < -0.3 is 15.2 Å². The molecule has 1 atom stereocenters. The smallest absolute Gasteiger partial charge is 0.245 e. The van der Waals surface area contributed by atoms with Crippen molar-refractivity contribution in [3.05, 3.63) is 58.7 Å². The number of rotatable bonds is 5. The van der Waals surface area contributed by atoms with Gasteiger partial charge in [-0.05, 0) is 48.6 Å². The second-order valence-corrected chi connectivity index (χ2v) is 5.71. The molecule has 3 nitrogen and oxygen atoms in total. The molecule has 2 aliphatic rings. The van der Waals surface area contributed by atoms with Crippen LogP contribution in [0.15, 0.2) is 36.4 Å². The van der Waals surface area contributed by atoms with Gasteiger partial charge in [0.05, 0.1) is 6.42 Å². The van der Waals surface area contributed by atoms with E-state index in [0.717, 1.165) is 37.2 Å². The van der Waals surface area contributed by atoms with Gasteiger partial charge in [-0.2, -0.15) is 0 Å². The van der Waals surface area contributed by atoms with Crippen molar-refractivity contribution in [2.24, 2.45) is 5.73 Å². The van der Waals surface area contributed by atoms with Crippen LogP contribution in [0.5, 0.6) is 11.5 Å². The Morgan fingerprint density at radius 1 is 0.905 bits per heavy atom. The van der Waals surface area contributed by atoms with Crippen molar-refractivity contribution >= 4 is 0 Å². The summed E-state index contributed by atoms with van der Waals surface area (Å²) >= 11 is 0. The maximum Gasteiger partial charge on any atom is 0.245 e. The summed E-state index contributed by atoms with van der Waals surface area (Å²) in [4.78, 5) is 0. The molecule has 0 amide bonds. The average molecular weight is 281 g/mol. The number of hydrogen-bond acceptors (Lipinski definition) is 3. The Balaban J connectivity index is 1.55. The number of ether oxygens (including phenoxy) is 2. The molecule has 0 aromatic heterocycles. The molecule has 0 spiro atoms. The molecule has 0 aliphatic carbocycles. The van der Waals surface area contributed by atoms with Crippen LogP contribution in [0, 0.1) is 0 Å². The predicted octanol–water partition coefficient (Wildman–Crippen LogP) is 2.63. The molecule has 0 saturated carbocycles. The van der Waals surface area contributed by atoms with Crippen molar-refractivity contribution in [2.75, 3.05) is 6.54 Å². The number of fused-ring (bicyclic) bond motifs is 1. The summed E-state index contributed by atoms with van der Waals surface area (Å²) in [7, 11) is 0. The van der Waals surface area contributed by atoms with Gasteiger partial charge in [-0.1, -0.05) is 30.3 Å². The minimum atomic E-state index is -0.0746. The van der Waals surface area contributed by atoms with Crippen molar-refractivity contribution in [1.82, 2.24) is 0 Å². The highest BCUT2D eigenvalue weighted by molar-refractivity contribution is 5.56. The first-order chi connectivity index (χ1) is 10.3. The number of aryl methyl sites for hydroxylation is 2. The van der Waals surface area contributed by atoms with E-state index in [1.807, 2.05) is 6.07 Å². The molecule has 2 aliphatic heterocycles. The predicted molar refractivity (Wildman–Crippen MR) is 81.8 cm³/mol. The fourth-order valence-electron chi connectivity index (χ4n) is 3.34. The van der Waals surface area contributed by atoms with Crippen LogP contribution in [0.2, 0.25) is 0 Å². The second-order valence-electron chi connectivity index (χ2n) is 5.71. The summed E-state index contributed by atoms with van der Waals surface area (Å²) in [6, 6.07) is 12.8. The summed E-state index contributed by atoms with van der Waals surface area (Å²) in [6.45, 7) is 0.702. The molecular formula is C18H19NO2.